The quantitative estimate of drug-likeness (QED) is 0.825. The van der Waals surface area contributed by atoms with Crippen molar-refractivity contribution in [2.45, 2.75) is 26.4 Å². The number of ether oxygens (including phenoxy) is 2. The van der Waals surface area contributed by atoms with Crippen LogP contribution in [0.25, 0.3) is 0 Å². The van der Waals surface area contributed by atoms with E-state index in [1.54, 1.807) is 0 Å². The second kappa shape index (κ2) is 4.01. The molecule has 0 aliphatic carbocycles. The van der Waals surface area contributed by atoms with Crippen molar-refractivity contribution in [3.63, 3.8) is 0 Å². The van der Waals surface area contributed by atoms with Crippen molar-refractivity contribution in [3.8, 4) is 11.5 Å². The van der Waals surface area contributed by atoms with Gasteiger partial charge in [0, 0.05) is 36.9 Å². The Morgan fingerprint density at radius 3 is 3.00 bits per heavy atom. The van der Waals surface area contributed by atoms with E-state index in [4.69, 9.17) is 9.47 Å². The average molecular weight is 207 g/mol. The zero-order chi connectivity index (χ0) is 10.8. The molecule has 3 nitrogen and oxygen atoms in total. The van der Waals surface area contributed by atoms with Gasteiger partial charge in [-0.2, -0.15) is 0 Å². The number of anilines is 1. The van der Waals surface area contributed by atoms with Gasteiger partial charge in [0.1, 0.15) is 17.6 Å². The maximum Gasteiger partial charge on any atom is 0.128 e. The molecule has 3 heteroatoms. The molecule has 0 saturated heterocycles. The monoisotopic (exact) mass is 207 g/mol. The molecule has 0 bridgehead atoms. The fourth-order valence-corrected chi connectivity index (χ4v) is 1.95. The molecule has 0 spiro atoms. The summed E-state index contributed by atoms with van der Waals surface area (Å²) < 4.78 is 11.2. The van der Waals surface area contributed by atoms with Gasteiger partial charge in [-0.3, -0.25) is 0 Å². The first-order chi connectivity index (χ1) is 7.24. The van der Waals surface area contributed by atoms with Crippen LogP contribution in [0.3, 0.4) is 0 Å². The maximum absolute atomic E-state index is 5.72. The minimum atomic E-state index is 0.268. The van der Waals surface area contributed by atoms with E-state index in [1.807, 2.05) is 26.1 Å². The van der Waals surface area contributed by atoms with Crippen LogP contribution in [-0.4, -0.2) is 19.8 Å². The third-order valence-electron chi connectivity index (χ3n) is 2.58. The first-order valence-corrected chi connectivity index (χ1v) is 5.38. The van der Waals surface area contributed by atoms with Crippen LogP contribution in [0.1, 0.15) is 19.4 Å². The van der Waals surface area contributed by atoms with Gasteiger partial charge in [0.05, 0.1) is 6.61 Å². The molecule has 1 aromatic carbocycles. The van der Waals surface area contributed by atoms with Gasteiger partial charge >= 0.3 is 0 Å². The molecule has 1 aromatic rings. The fraction of sp³-hybridized carbons (Fsp3) is 0.500. The van der Waals surface area contributed by atoms with E-state index in [1.165, 1.54) is 5.56 Å². The van der Waals surface area contributed by atoms with Gasteiger partial charge in [-0.15, -0.1) is 0 Å². The van der Waals surface area contributed by atoms with Crippen LogP contribution in [0, 0.1) is 0 Å². The lowest BCUT2D eigenvalue weighted by atomic mass is 10.1. The first-order valence-electron chi connectivity index (χ1n) is 5.38. The Balaban J connectivity index is 2.38. The van der Waals surface area contributed by atoms with Crippen LogP contribution < -0.4 is 14.8 Å². The van der Waals surface area contributed by atoms with Gasteiger partial charge in [0.2, 0.25) is 0 Å². The molecule has 0 amide bonds. The average Bonchev–Trinajstić information content (AvgIpc) is 2.57. The molecule has 15 heavy (non-hydrogen) atoms. The summed E-state index contributed by atoms with van der Waals surface area (Å²) in [6.07, 6.45) is 1.24. The Kier molecular flexibility index (Phi) is 2.71. The van der Waals surface area contributed by atoms with Crippen LogP contribution in [-0.2, 0) is 6.42 Å². The Morgan fingerprint density at radius 2 is 2.33 bits per heavy atom. The van der Waals surface area contributed by atoms with Crippen LogP contribution in [0.5, 0.6) is 11.5 Å². The lowest BCUT2D eigenvalue weighted by molar-refractivity contribution is 0.253. The van der Waals surface area contributed by atoms with E-state index in [9.17, 15) is 0 Å². The summed E-state index contributed by atoms with van der Waals surface area (Å²) in [4.78, 5) is 0. The summed E-state index contributed by atoms with van der Waals surface area (Å²) in [6.45, 7) is 4.74. The largest absolute Gasteiger partial charge is 0.494 e. The van der Waals surface area contributed by atoms with Crippen molar-refractivity contribution in [2.75, 3.05) is 19.0 Å². The van der Waals surface area contributed by atoms with Crippen molar-refractivity contribution >= 4 is 5.69 Å². The summed E-state index contributed by atoms with van der Waals surface area (Å²) in [7, 11) is 1.92. The van der Waals surface area contributed by atoms with E-state index < -0.39 is 0 Å². The number of nitrogens with one attached hydrogen (secondary N) is 1. The van der Waals surface area contributed by atoms with Gasteiger partial charge in [-0.05, 0) is 13.8 Å². The number of fused-ring (bicyclic) bond motifs is 1. The molecule has 1 atom stereocenters. The van der Waals surface area contributed by atoms with E-state index in [0.717, 1.165) is 23.6 Å². The molecule has 0 fully saturated rings. The predicted molar refractivity (Wildman–Crippen MR) is 61.0 cm³/mol. The number of hydrogen-bond donors (Lipinski definition) is 1. The van der Waals surface area contributed by atoms with Crippen molar-refractivity contribution in [2.24, 2.45) is 0 Å². The third kappa shape index (κ3) is 1.87. The molecule has 1 unspecified atom stereocenters. The fourth-order valence-electron chi connectivity index (χ4n) is 1.95. The smallest absolute Gasteiger partial charge is 0.128 e. The summed E-state index contributed by atoms with van der Waals surface area (Å²) in [5, 5.41) is 3.19. The second-order valence-corrected chi connectivity index (χ2v) is 3.76. The van der Waals surface area contributed by atoms with E-state index in [-0.39, 0.29) is 6.10 Å². The van der Waals surface area contributed by atoms with Gasteiger partial charge in [-0.1, -0.05) is 0 Å². The van der Waals surface area contributed by atoms with E-state index >= 15 is 0 Å². The molecule has 1 aliphatic rings. The Labute approximate surface area is 90.4 Å². The highest BCUT2D eigenvalue weighted by Gasteiger charge is 2.22. The molecule has 1 aliphatic heterocycles. The van der Waals surface area contributed by atoms with E-state index in [0.29, 0.717) is 6.61 Å². The minimum absolute atomic E-state index is 0.268. The normalized spacial score (nSPS) is 18.2. The van der Waals surface area contributed by atoms with Gasteiger partial charge in [0.25, 0.3) is 0 Å². The maximum atomic E-state index is 5.72. The summed E-state index contributed by atoms with van der Waals surface area (Å²) >= 11 is 0. The second-order valence-electron chi connectivity index (χ2n) is 3.76. The summed E-state index contributed by atoms with van der Waals surface area (Å²) in [5.74, 6) is 1.83. The Morgan fingerprint density at radius 1 is 1.53 bits per heavy atom. The Hall–Kier alpha value is -1.38. The lowest BCUT2D eigenvalue weighted by Gasteiger charge is -2.10. The highest BCUT2D eigenvalue weighted by Crippen LogP contribution is 2.38. The standard InChI is InChI=1S/C12H17NO2/c1-4-14-9-6-11(13-3)10-5-8(2)15-12(10)7-9/h6-8,13H,4-5H2,1-3H3. The van der Waals surface area contributed by atoms with Crippen LogP contribution in [0.15, 0.2) is 12.1 Å². The summed E-state index contributed by atoms with van der Waals surface area (Å²) in [5.41, 5.74) is 2.37. The molecule has 0 saturated carbocycles. The minimum Gasteiger partial charge on any atom is -0.494 e. The van der Waals surface area contributed by atoms with Gasteiger partial charge in [0.15, 0.2) is 0 Å². The Bertz CT molecular complexity index is 363. The topological polar surface area (TPSA) is 30.5 Å². The predicted octanol–water partition coefficient (Wildman–Crippen LogP) is 2.45. The van der Waals surface area contributed by atoms with Gasteiger partial charge < -0.3 is 14.8 Å². The van der Waals surface area contributed by atoms with Crippen molar-refractivity contribution in [1.29, 1.82) is 0 Å². The lowest BCUT2D eigenvalue weighted by Crippen LogP contribution is -2.05. The molecule has 2 rings (SSSR count). The first kappa shape index (κ1) is 10.1. The molecule has 1 heterocycles. The zero-order valence-electron chi connectivity index (χ0n) is 9.46. The van der Waals surface area contributed by atoms with E-state index in [2.05, 4.69) is 12.2 Å². The highest BCUT2D eigenvalue weighted by atomic mass is 16.5. The summed E-state index contributed by atoms with van der Waals surface area (Å²) in [6, 6.07) is 4.01. The van der Waals surface area contributed by atoms with Crippen LogP contribution in [0.2, 0.25) is 0 Å². The number of rotatable bonds is 3. The van der Waals surface area contributed by atoms with Crippen LogP contribution >= 0.6 is 0 Å². The highest BCUT2D eigenvalue weighted by molar-refractivity contribution is 5.62. The molecular weight excluding hydrogens is 190 g/mol. The zero-order valence-corrected chi connectivity index (χ0v) is 9.46. The molecular formula is C12H17NO2. The number of benzene rings is 1. The third-order valence-corrected chi connectivity index (χ3v) is 2.58. The molecule has 0 radical (unpaired) electrons. The van der Waals surface area contributed by atoms with Crippen molar-refractivity contribution in [3.05, 3.63) is 17.7 Å². The van der Waals surface area contributed by atoms with Crippen molar-refractivity contribution < 1.29 is 9.47 Å². The van der Waals surface area contributed by atoms with Crippen LogP contribution in [0.4, 0.5) is 5.69 Å². The van der Waals surface area contributed by atoms with Crippen molar-refractivity contribution in [1.82, 2.24) is 0 Å². The number of hydrogen-bond acceptors (Lipinski definition) is 3. The SMILES string of the molecule is CCOc1cc(NC)c2c(c1)OC(C)C2. The molecule has 82 valence electrons. The van der Waals surface area contributed by atoms with Gasteiger partial charge in [-0.25, -0.2) is 0 Å². The molecule has 1 N–H and O–H groups in total. The molecule has 0 aromatic heterocycles.